The summed E-state index contributed by atoms with van der Waals surface area (Å²) in [5.74, 6) is -0.133. The van der Waals surface area contributed by atoms with E-state index in [0.29, 0.717) is 36.6 Å². The van der Waals surface area contributed by atoms with Gasteiger partial charge in [-0.15, -0.1) is 0 Å². The Labute approximate surface area is 171 Å². The van der Waals surface area contributed by atoms with Gasteiger partial charge >= 0.3 is 0 Å². The van der Waals surface area contributed by atoms with Gasteiger partial charge in [0, 0.05) is 24.7 Å². The Bertz CT molecular complexity index is 908. The summed E-state index contributed by atoms with van der Waals surface area (Å²) in [6.45, 7) is 6.97. The molecule has 28 heavy (non-hydrogen) atoms. The van der Waals surface area contributed by atoms with Crippen LogP contribution in [-0.4, -0.2) is 54.3 Å². The van der Waals surface area contributed by atoms with E-state index in [9.17, 15) is 13.2 Å². The van der Waals surface area contributed by atoms with Crippen molar-refractivity contribution in [2.24, 2.45) is 0 Å². The molecule has 1 N–H and O–H groups in total. The van der Waals surface area contributed by atoms with Crippen molar-refractivity contribution < 1.29 is 13.2 Å². The van der Waals surface area contributed by atoms with Crippen molar-refractivity contribution >= 4 is 27.5 Å². The van der Waals surface area contributed by atoms with Crippen molar-refractivity contribution in [3.63, 3.8) is 0 Å². The first kappa shape index (κ1) is 22.4. The molecule has 2 aromatic rings. The van der Waals surface area contributed by atoms with Gasteiger partial charge < -0.3 is 5.32 Å². The number of aromatic nitrogens is 2. The number of halogens is 1. The van der Waals surface area contributed by atoms with Crippen LogP contribution in [0.4, 0.5) is 0 Å². The van der Waals surface area contributed by atoms with Crippen molar-refractivity contribution in [1.29, 1.82) is 0 Å². The highest BCUT2D eigenvalue weighted by Gasteiger charge is 2.21. The number of rotatable bonds is 9. The third kappa shape index (κ3) is 5.56. The maximum atomic E-state index is 12.7. The summed E-state index contributed by atoms with van der Waals surface area (Å²) >= 11 is 5.95. The van der Waals surface area contributed by atoms with Gasteiger partial charge in [-0.3, -0.25) is 4.79 Å². The summed E-state index contributed by atoms with van der Waals surface area (Å²) in [6, 6.07) is 7.27. The van der Waals surface area contributed by atoms with E-state index in [-0.39, 0.29) is 11.8 Å². The van der Waals surface area contributed by atoms with Crippen LogP contribution < -0.4 is 5.32 Å². The second kappa shape index (κ2) is 9.54. The van der Waals surface area contributed by atoms with Crippen LogP contribution in [0.15, 0.2) is 30.5 Å². The smallest absolute Gasteiger partial charge is 0.254 e. The summed E-state index contributed by atoms with van der Waals surface area (Å²) in [7, 11) is -3.22. The molecule has 1 amide bonds. The molecule has 0 unspecified atom stereocenters. The van der Waals surface area contributed by atoms with Gasteiger partial charge in [0.1, 0.15) is 0 Å². The Balaban J connectivity index is 2.08. The van der Waals surface area contributed by atoms with Crippen LogP contribution in [-0.2, 0) is 10.0 Å². The largest absolute Gasteiger partial charge is 0.352 e. The van der Waals surface area contributed by atoms with Crippen LogP contribution >= 0.6 is 11.6 Å². The van der Waals surface area contributed by atoms with Crippen LogP contribution in [0.5, 0.6) is 0 Å². The highest BCUT2D eigenvalue weighted by Crippen LogP contribution is 2.24. The number of carbonyl (C=O) groups is 1. The topological polar surface area (TPSA) is 84.3 Å². The van der Waals surface area contributed by atoms with E-state index in [0.717, 1.165) is 11.4 Å². The maximum absolute atomic E-state index is 12.7. The molecular weight excluding hydrogens is 400 g/mol. The first-order chi connectivity index (χ1) is 13.1. The molecule has 0 radical (unpaired) electrons. The summed E-state index contributed by atoms with van der Waals surface area (Å²) in [5.41, 5.74) is 2.16. The van der Waals surface area contributed by atoms with Gasteiger partial charge in [0.05, 0.1) is 29.4 Å². The lowest BCUT2D eigenvalue weighted by atomic mass is 10.0. The number of carbonyl (C=O) groups excluding carboxylic acids is 1. The lowest BCUT2D eigenvalue weighted by Gasteiger charge is -2.17. The van der Waals surface area contributed by atoms with Crippen LogP contribution in [0.3, 0.4) is 0 Å². The molecule has 0 saturated heterocycles. The van der Waals surface area contributed by atoms with Crippen molar-refractivity contribution in [1.82, 2.24) is 19.4 Å². The van der Waals surface area contributed by atoms with Gasteiger partial charge in [-0.05, 0) is 36.6 Å². The zero-order valence-corrected chi connectivity index (χ0v) is 18.2. The van der Waals surface area contributed by atoms with E-state index in [2.05, 4.69) is 10.4 Å². The summed E-state index contributed by atoms with van der Waals surface area (Å²) in [5, 5.41) is 7.88. The molecule has 0 spiro atoms. The van der Waals surface area contributed by atoms with E-state index >= 15 is 0 Å². The number of nitrogens with one attached hydrogen (secondary N) is 1. The molecule has 0 bridgehead atoms. The standard InChI is InChI=1S/C19H27ClN4O3S/c1-5-23(28(4,26)27)12-6-11-21-19(25)17-13-22-24(18(17)14(2)3)16-9-7-15(20)8-10-16/h7-10,13-14H,5-6,11-12H2,1-4H3,(H,21,25). The van der Waals surface area contributed by atoms with Crippen molar-refractivity contribution in [2.75, 3.05) is 25.9 Å². The first-order valence-electron chi connectivity index (χ1n) is 9.22. The molecule has 1 heterocycles. The summed E-state index contributed by atoms with van der Waals surface area (Å²) in [6.07, 6.45) is 3.29. The quantitative estimate of drug-likeness (QED) is 0.624. The van der Waals surface area contributed by atoms with E-state index in [1.54, 1.807) is 29.9 Å². The predicted molar refractivity (Wildman–Crippen MR) is 112 cm³/mol. The SMILES string of the molecule is CCN(CCCNC(=O)c1cnn(-c2ccc(Cl)cc2)c1C(C)C)S(C)(=O)=O. The number of sulfonamides is 1. The Hall–Kier alpha value is -1.90. The number of benzene rings is 1. The monoisotopic (exact) mass is 426 g/mol. The molecule has 1 aromatic heterocycles. The average molecular weight is 427 g/mol. The van der Waals surface area contributed by atoms with E-state index in [1.165, 1.54) is 10.6 Å². The number of hydrogen-bond donors (Lipinski definition) is 1. The lowest BCUT2D eigenvalue weighted by molar-refractivity contribution is 0.0951. The van der Waals surface area contributed by atoms with E-state index in [4.69, 9.17) is 11.6 Å². The lowest BCUT2D eigenvalue weighted by Crippen LogP contribution is -2.33. The van der Waals surface area contributed by atoms with Crippen LogP contribution in [0.25, 0.3) is 5.69 Å². The van der Waals surface area contributed by atoms with Gasteiger partial charge in [0.15, 0.2) is 0 Å². The Kier molecular flexibility index (Phi) is 7.63. The minimum absolute atomic E-state index is 0.0831. The van der Waals surface area contributed by atoms with Crippen molar-refractivity contribution in [3.05, 3.63) is 46.7 Å². The third-order valence-corrected chi connectivity index (χ3v) is 5.99. The summed E-state index contributed by atoms with van der Waals surface area (Å²) in [4.78, 5) is 12.7. The van der Waals surface area contributed by atoms with Gasteiger partial charge in [-0.25, -0.2) is 17.4 Å². The molecule has 0 fully saturated rings. The zero-order valence-electron chi connectivity index (χ0n) is 16.6. The van der Waals surface area contributed by atoms with E-state index < -0.39 is 10.0 Å². The third-order valence-electron chi connectivity index (χ3n) is 4.36. The van der Waals surface area contributed by atoms with Crippen molar-refractivity contribution in [2.45, 2.75) is 33.1 Å². The zero-order chi connectivity index (χ0) is 20.9. The molecule has 2 rings (SSSR count). The minimum Gasteiger partial charge on any atom is -0.352 e. The molecule has 9 heteroatoms. The van der Waals surface area contributed by atoms with Crippen molar-refractivity contribution in [3.8, 4) is 5.69 Å². The first-order valence-corrected chi connectivity index (χ1v) is 11.4. The van der Waals surface area contributed by atoms with Crippen LogP contribution in [0.1, 0.15) is 49.2 Å². The van der Waals surface area contributed by atoms with Crippen LogP contribution in [0.2, 0.25) is 5.02 Å². The van der Waals surface area contributed by atoms with Gasteiger partial charge in [-0.2, -0.15) is 5.10 Å². The number of nitrogens with zero attached hydrogens (tertiary/aromatic N) is 3. The second-order valence-electron chi connectivity index (χ2n) is 6.85. The highest BCUT2D eigenvalue weighted by atomic mass is 35.5. The summed E-state index contributed by atoms with van der Waals surface area (Å²) < 4.78 is 26.4. The Morgan fingerprint density at radius 2 is 1.93 bits per heavy atom. The molecule has 0 aliphatic carbocycles. The number of hydrogen-bond acceptors (Lipinski definition) is 4. The fraction of sp³-hybridized carbons (Fsp3) is 0.474. The average Bonchev–Trinajstić information content (AvgIpc) is 3.06. The molecule has 0 aliphatic rings. The molecule has 0 aliphatic heterocycles. The Morgan fingerprint density at radius 3 is 2.46 bits per heavy atom. The maximum Gasteiger partial charge on any atom is 0.254 e. The number of amides is 1. The fourth-order valence-corrected chi connectivity index (χ4v) is 4.04. The molecule has 0 atom stereocenters. The molecule has 1 aromatic carbocycles. The van der Waals surface area contributed by atoms with Crippen LogP contribution in [0, 0.1) is 0 Å². The van der Waals surface area contributed by atoms with Gasteiger partial charge in [0.2, 0.25) is 10.0 Å². The molecular formula is C19H27ClN4O3S. The highest BCUT2D eigenvalue weighted by molar-refractivity contribution is 7.88. The molecule has 7 nitrogen and oxygen atoms in total. The Morgan fingerprint density at radius 1 is 1.29 bits per heavy atom. The van der Waals surface area contributed by atoms with Gasteiger partial charge in [0.25, 0.3) is 5.91 Å². The second-order valence-corrected chi connectivity index (χ2v) is 9.27. The van der Waals surface area contributed by atoms with E-state index in [1.807, 2.05) is 26.0 Å². The molecule has 154 valence electrons. The minimum atomic E-state index is -3.22. The normalized spacial score (nSPS) is 12.0. The van der Waals surface area contributed by atoms with Gasteiger partial charge in [-0.1, -0.05) is 32.4 Å². The predicted octanol–water partition coefficient (Wildman–Crippen LogP) is 3.05. The fourth-order valence-electron chi connectivity index (χ4n) is 2.99. The molecule has 0 saturated carbocycles.